The molecular formula is C10H11ClN2O. The number of halogens is 1. The van der Waals surface area contributed by atoms with E-state index in [1.807, 2.05) is 19.1 Å². The van der Waals surface area contributed by atoms with Crippen LogP contribution in [0.1, 0.15) is 12.8 Å². The van der Waals surface area contributed by atoms with Crippen LogP contribution in [0.4, 0.5) is 0 Å². The van der Waals surface area contributed by atoms with Gasteiger partial charge in [0.05, 0.1) is 11.6 Å². The van der Waals surface area contributed by atoms with Crippen molar-refractivity contribution in [3.05, 3.63) is 29.1 Å². The van der Waals surface area contributed by atoms with Crippen LogP contribution in [0.25, 0.3) is 11.1 Å². The van der Waals surface area contributed by atoms with Gasteiger partial charge in [-0.15, -0.1) is 0 Å². The second-order valence-corrected chi connectivity index (χ2v) is 3.38. The van der Waals surface area contributed by atoms with Crippen LogP contribution in [0, 0.1) is 0 Å². The quantitative estimate of drug-likeness (QED) is 0.846. The molecular weight excluding hydrogens is 200 g/mol. The molecule has 0 atom stereocenters. The van der Waals surface area contributed by atoms with E-state index in [1.165, 1.54) is 0 Å². The molecule has 2 aromatic rings. The van der Waals surface area contributed by atoms with Crippen LogP contribution in [-0.4, -0.2) is 11.5 Å². The summed E-state index contributed by atoms with van der Waals surface area (Å²) in [6, 6.07) is 5.55. The lowest BCUT2D eigenvalue weighted by Gasteiger charge is -1.93. The summed E-state index contributed by atoms with van der Waals surface area (Å²) in [6.45, 7) is 3.57. The Morgan fingerprint density at radius 1 is 1.50 bits per heavy atom. The van der Waals surface area contributed by atoms with Crippen molar-refractivity contribution in [1.29, 1.82) is 0 Å². The first-order valence-electron chi connectivity index (χ1n) is 4.56. The van der Waals surface area contributed by atoms with E-state index in [1.54, 1.807) is 6.07 Å². The Labute approximate surface area is 87.1 Å². The SMILES string of the molecule is CCNCc1nc2cccc(Cl)c2o1. The van der Waals surface area contributed by atoms with Gasteiger partial charge in [-0.05, 0) is 18.7 Å². The third-order valence-electron chi connectivity index (χ3n) is 1.94. The topological polar surface area (TPSA) is 38.1 Å². The van der Waals surface area contributed by atoms with E-state index < -0.39 is 0 Å². The monoisotopic (exact) mass is 210 g/mol. The van der Waals surface area contributed by atoms with E-state index >= 15 is 0 Å². The molecule has 0 bridgehead atoms. The first kappa shape index (κ1) is 9.49. The number of nitrogens with one attached hydrogen (secondary N) is 1. The molecule has 1 N–H and O–H groups in total. The fourth-order valence-corrected chi connectivity index (χ4v) is 1.48. The first-order valence-corrected chi connectivity index (χ1v) is 4.93. The maximum Gasteiger partial charge on any atom is 0.209 e. The molecule has 0 spiro atoms. The van der Waals surface area contributed by atoms with Gasteiger partial charge in [-0.2, -0.15) is 0 Å². The molecule has 0 aliphatic heterocycles. The van der Waals surface area contributed by atoms with E-state index in [0.717, 1.165) is 12.1 Å². The summed E-state index contributed by atoms with van der Waals surface area (Å²) in [5, 5.41) is 3.75. The fraction of sp³-hybridized carbons (Fsp3) is 0.300. The van der Waals surface area contributed by atoms with Gasteiger partial charge < -0.3 is 9.73 Å². The molecule has 0 aliphatic rings. The Kier molecular flexibility index (Phi) is 2.70. The molecule has 0 aliphatic carbocycles. The van der Waals surface area contributed by atoms with Gasteiger partial charge in [0.1, 0.15) is 5.52 Å². The van der Waals surface area contributed by atoms with Crippen molar-refractivity contribution >= 4 is 22.7 Å². The maximum atomic E-state index is 5.95. The van der Waals surface area contributed by atoms with Crippen LogP contribution in [0.3, 0.4) is 0 Å². The number of para-hydroxylation sites is 1. The molecule has 3 nitrogen and oxygen atoms in total. The zero-order valence-electron chi connectivity index (χ0n) is 7.88. The molecule has 0 saturated carbocycles. The Balaban J connectivity index is 2.36. The lowest BCUT2D eigenvalue weighted by Crippen LogP contribution is -2.11. The average Bonchev–Trinajstić information content (AvgIpc) is 2.59. The summed E-state index contributed by atoms with van der Waals surface area (Å²) in [6.07, 6.45) is 0. The first-order chi connectivity index (χ1) is 6.81. The largest absolute Gasteiger partial charge is 0.438 e. The lowest BCUT2D eigenvalue weighted by molar-refractivity contribution is 0.501. The van der Waals surface area contributed by atoms with Crippen LogP contribution < -0.4 is 5.32 Å². The molecule has 0 radical (unpaired) electrons. The maximum absolute atomic E-state index is 5.95. The molecule has 0 saturated heterocycles. The van der Waals surface area contributed by atoms with E-state index in [2.05, 4.69) is 10.3 Å². The third kappa shape index (κ3) is 1.74. The second-order valence-electron chi connectivity index (χ2n) is 2.98. The highest BCUT2D eigenvalue weighted by atomic mass is 35.5. The van der Waals surface area contributed by atoms with Crippen molar-refractivity contribution in [3.63, 3.8) is 0 Å². The molecule has 1 aromatic carbocycles. The van der Waals surface area contributed by atoms with Gasteiger partial charge in [0.2, 0.25) is 5.89 Å². The Morgan fingerprint density at radius 3 is 3.07 bits per heavy atom. The highest BCUT2D eigenvalue weighted by Gasteiger charge is 2.07. The third-order valence-corrected chi connectivity index (χ3v) is 2.24. The Hall–Kier alpha value is -1.06. The van der Waals surface area contributed by atoms with Crippen LogP contribution in [0.2, 0.25) is 5.02 Å². The number of oxazole rings is 1. The van der Waals surface area contributed by atoms with Gasteiger partial charge in [0.25, 0.3) is 0 Å². The number of aromatic nitrogens is 1. The molecule has 0 unspecified atom stereocenters. The van der Waals surface area contributed by atoms with E-state index in [9.17, 15) is 0 Å². The number of rotatable bonds is 3. The van der Waals surface area contributed by atoms with Crippen molar-refractivity contribution in [3.8, 4) is 0 Å². The minimum atomic E-state index is 0.609. The van der Waals surface area contributed by atoms with Crippen molar-refractivity contribution in [2.45, 2.75) is 13.5 Å². The molecule has 1 heterocycles. The summed E-state index contributed by atoms with van der Waals surface area (Å²) in [7, 11) is 0. The highest BCUT2D eigenvalue weighted by Crippen LogP contribution is 2.23. The van der Waals surface area contributed by atoms with Crippen LogP contribution in [0.15, 0.2) is 22.6 Å². The number of benzene rings is 1. The minimum absolute atomic E-state index is 0.609. The highest BCUT2D eigenvalue weighted by molar-refractivity contribution is 6.34. The standard InChI is InChI=1S/C10H11ClN2O/c1-2-12-6-9-13-8-5-3-4-7(11)10(8)14-9/h3-5,12H,2,6H2,1H3. The second kappa shape index (κ2) is 3.98. The normalized spacial score (nSPS) is 11.0. The summed E-state index contributed by atoms with van der Waals surface area (Å²) in [5.74, 6) is 0.676. The zero-order chi connectivity index (χ0) is 9.97. The fourth-order valence-electron chi connectivity index (χ4n) is 1.27. The number of fused-ring (bicyclic) bond motifs is 1. The summed E-state index contributed by atoms with van der Waals surface area (Å²) in [4.78, 5) is 4.30. The summed E-state index contributed by atoms with van der Waals surface area (Å²) < 4.78 is 5.50. The van der Waals surface area contributed by atoms with Crippen molar-refractivity contribution in [2.24, 2.45) is 0 Å². The predicted octanol–water partition coefficient (Wildman–Crippen LogP) is 2.59. The molecule has 0 amide bonds. The van der Waals surface area contributed by atoms with E-state index in [0.29, 0.717) is 23.0 Å². The number of hydrogen-bond acceptors (Lipinski definition) is 3. The Morgan fingerprint density at radius 2 is 2.36 bits per heavy atom. The molecule has 74 valence electrons. The predicted molar refractivity (Wildman–Crippen MR) is 56.4 cm³/mol. The van der Waals surface area contributed by atoms with Gasteiger partial charge in [-0.25, -0.2) is 4.98 Å². The lowest BCUT2D eigenvalue weighted by atomic mass is 10.3. The van der Waals surface area contributed by atoms with Gasteiger partial charge in [-0.1, -0.05) is 24.6 Å². The summed E-state index contributed by atoms with van der Waals surface area (Å²) in [5.41, 5.74) is 1.48. The number of nitrogens with zero attached hydrogens (tertiary/aromatic N) is 1. The smallest absolute Gasteiger partial charge is 0.209 e. The van der Waals surface area contributed by atoms with Gasteiger partial charge >= 0.3 is 0 Å². The molecule has 4 heteroatoms. The molecule has 2 rings (SSSR count). The van der Waals surface area contributed by atoms with Crippen molar-refractivity contribution in [1.82, 2.24) is 10.3 Å². The summed E-state index contributed by atoms with van der Waals surface area (Å²) >= 11 is 5.95. The number of hydrogen-bond donors (Lipinski definition) is 1. The minimum Gasteiger partial charge on any atom is -0.438 e. The van der Waals surface area contributed by atoms with Crippen LogP contribution in [-0.2, 0) is 6.54 Å². The Bertz CT molecular complexity index is 439. The van der Waals surface area contributed by atoms with Gasteiger partial charge in [0, 0.05) is 0 Å². The van der Waals surface area contributed by atoms with E-state index in [-0.39, 0.29) is 0 Å². The van der Waals surface area contributed by atoms with E-state index in [4.69, 9.17) is 16.0 Å². The van der Waals surface area contributed by atoms with Crippen molar-refractivity contribution in [2.75, 3.05) is 6.54 Å². The van der Waals surface area contributed by atoms with Crippen LogP contribution >= 0.6 is 11.6 Å². The van der Waals surface area contributed by atoms with Crippen LogP contribution in [0.5, 0.6) is 0 Å². The molecule has 14 heavy (non-hydrogen) atoms. The molecule has 0 fully saturated rings. The van der Waals surface area contributed by atoms with Gasteiger partial charge in [0.15, 0.2) is 5.58 Å². The zero-order valence-corrected chi connectivity index (χ0v) is 8.64. The van der Waals surface area contributed by atoms with Gasteiger partial charge in [-0.3, -0.25) is 0 Å². The average molecular weight is 211 g/mol. The van der Waals surface area contributed by atoms with Crippen molar-refractivity contribution < 1.29 is 4.42 Å². The molecule has 1 aromatic heterocycles.